The topological polar surface area (TPSA) is 77.8 Å². The minimum atomic E-state index is -4.64. The van der Waals surface area contributed by atoms with E-state index in [4.69, 9.17) is 19.2 Å². The molecule has 0 amide bonds. The molecule has 0 spiro atoms. The summed E-state index contributed by atoms with van der Waals surface area (Å²) >= 11 is 0. The third-order valence-electron chi connectivity index (χ3n) is 0. The first kappa shape index (κ1) is 22.5. The zero-order chi connectivity index (χ0) is 4.50. The second kappa shape index (κ2) is 9.02. The smallest absolute Gasteiger partial charge is 1.00 e. The Balaban J connectivity index is -0.0000000133. The van der Waals surface area contributed by atoms with Gasteiger partial charge in [-0.25, -0.2) is 4.57 Å². The molecule has 0 saturated heterocycles. The fourth-order valence-corrected chi connectivity index (χ4v) is 0. The third-order valence-corrected chi connectivity index (χ3v) is 0. The zero-order valence-electron chi connectivity index (χ0n) is 5.31. The quantitative estimate of drug-likeness (QED) is 0.296. The normalized spacial score (nSPS) is 7.38. The molecule has 0 aromatic rings. The summed E-state index contributed by atoms with van der Waals surface area (Å²) in [4.78, 5) is 21.6. The molecule has 0 aromatic carbocycles. The van der Waals surface area contributed by atoms with Gasteiger partial charge in [0.2, 0.25) is 0 Å². The van der Waals surface area contributed by atoms with Crippen LogP contribution in [0.2, 0.25) is 0 Å². The van der Waals surface area contributed by atoms with Crippen molar-refractivity contribution in [2.24, 2.45) is 0 Å². The Morgan fingerprint density at radius 1 is 1.25 bits per heavy atom. The SMILES string of the molecule is Cl.O=P(O)(O)O.[H-].[Na+].[Zn]. The molecule has 44 valence electrons. The molecule has 4 nitrogen and oxygen atoms in total. The third kappa shape index (κ3) is 96.7. The first-order valence-electron chi connectivity index (χ1n) is 0.783. The van der Waals surface area contributed by atoms with E-state index in [0.717, 1.165) is 0 Å². The van der Waals surface area contributed by atoms with E-state index in [-0.39, 0.29) is 62.9 Å². The maximum atomic E-state index is 8.88. The molecule has 8 heavy (non-hydrogen) atoms. The summed E-state index contributed by atoms with van der Waals surface area (Å²) in [6.07, 6.45) is 0. The Kier molecular flexibility index (Phi) is 25.4. The van der Waals surface area contributed by atoms with Gasteiger partial charge in [-0.05, 0) is 0 Å². The molecule has 0 atom stereocenters. The van der Waals surface area contributed by atoms with Gasteiger partial charge in [-0.1, -0.05) is 0 Å². The van der Waals surface area contributed by atoms with Crippen molar-refractivity contribution in [1.29, 1.82) is 0 Å². The van der Waals surface area contributed by atoms with Crippen molar-refractivity contribution in [3.8, 4) is 0 Å². The van der Waals surface area contributed by atoms with Crippen molar-refractivity contribution in [3.05, 3.63) is 0 Å². The zero-order valence-corrected chi connectivity index (χ0v) is 11.0. The minimum absolute atomic E-state index is 0. The summed E-state index contributed by atoms with van der Waals surface area (Å²) in [7, 11) is -4.64. The molecule has 0 bridgehead atoms. The van der Waals surface area contributed by atoms with Crippen molar-refractivity contribution in [3.63, 3.8) is 0 Å². The molecular weight excluding hydrogens is 219 g/mol. The molecule has 0 rings (SSSR count). The van der Waals surface area contributed by atoms with Gasteiger partial charge in [-0.2, -0.15) is 0 Å². The van der Waals surface area contributed by atoms with E-state index in [1.165, 1.54) is 0 Å². The molecule has 0 aliphatic heterocycles. The molecule has 8 heteroatoms. The number of phosphoric acid groups is 1. The molecule has 0 aromatic heterocycles. The minimum Gasteiger partial charge on any atom is -1.00 e. The summed E-state index contributed by atoms with van der Waals surface area (Å²) < 4.78 is 8.88. The van der Waals surface area contributed by atoms with Gasteiger partial charge < -0.3 is 16.1 Å². The number of hydrogen-bond acceptors (Lipinski definition) is 1. The van der Waals surface area contributed by atoms with Crippen LogP contribution < -0.4 is 29.6 Å². The van der Waals surface area contributed by atoms with E-state index in [1.54, 1.807) is 0 Å². The van der Waals surface area contributed by atoms with Gasteiger partial charge in [-0.3, -0.25) is 0 Å². The Morgan fingerprint density at radius 3 is 1.25 bits per heavy atom. The summed E-state index contributed by atoms with van der Waals surface area (Å²) in [5.74, 6) is 0. The predicted molar refractivity (Wildman–Crippen MR) is 22.6 cm³/mol. The summed E-state index contributed by atoms with van der Waals surface area (Å²) in [6.45, 7) is 0. The van der Waals surface area contributed by atoms with Gasteiger partial charge in [0.15, 0.2) is 0 Å². The van der Waals surface area contributed by atoms with Gasteiger partial charge >= 0.3 is 37.4 Å². The van der Waals surface area contributed by atoms with E-state index in [1.807, 2.05) is 0 Å². The van der Waals surface area contributed by atoms with E-state index >= 15 is 0 Å². The number of halogens is 1. The van der Waals surface area contributed by atoms with E-state index in [2.05, 4.69) is 0 Å². The molecule has 0 aliphatic carbocycles. The van der Waals surface area contributed by atoms with Gasteiger partial charge in [0, 0.05) is 19.5 Å². The molecule has 0 aliphatic rings. The number of hydrogen-bond donors (Lipinski definition) is 3. The second-order valence-electron chi connectivity index (χ2n) is 0.513. The molecule has 3 N–H and O–H groups in total. The first-order valence-corrected chi connectivity index (χ1v) is 2.35. The largest absolute Gasteiger partial charge is 1.00 e. The van der Waals surface area contributed by atoms with Crippen LogP contribution in [-0.4, -0.2) is 14.7 Å². The molecule has 0 fully saturated rings. The fourth-order valence-electron chi connectivity index (χ4n) is 0. The Hall–Kier alpha value is 2.02. The van der Waals surface area contributed by atoms with Crippen molar-refractivity contribution >= 4 is 20.2 Å². The van der Waals surface area contributed by atoms with Crippen LogP contribution in [0.4, 0.5) is 0 Å². The maximum absolute atomic E-state index is 8.88. The Morgan fingerprint density at radius 2 is 1.25 bits per heavy atom. The Bertz CT molecular complexity index is 66.7. The monoisotopic (exact) mass is 222 g/mol. The van der Waals surface area contributed by atoms with Gasteiger partial charge in [-0.15, -0.1) is 12.4 Å². The van der Waals surface area contributed by atoms with E-state index in [0.29, 0.717) is 0 Å². The van der Waals surface area contributed by atoms with Crippen LogP contribution in [0.1, 0.15) is 1.43 Å². The molecular formula is H5ClNaO4PZn. The van der Waals surface area contributed by atoms with E-state index < -0.39 is 7.82 Å². The van der Waals surface area contributed by atoms with Crippen LogP contribution >= 0.6 is 20.2 Å². The Labute approximate surface area is 89.2 Å². The van der Waals surface area contributed by atoms with Crippen LogP contribution in [0.5, 0.6) is 0 Å². The average Bonchev–Trinajstić information content (AvgIpc) is 0.722. The van der Waals surface area contributed by atoms with Crippen LogP contribution in [0.15, 0.2) is 0 Å². The summed E-state index contributed by atoms with van der Waals surface area (Å²) in [5, 5.41) is 0. The molecule has 0 unspecified atom stereocenters. The fraction of sp³-hybridized carbons (Fsp3) is 0. The summed E-state index contributed by atoms with van der Waals surface area (Å²) in [6, 6.07) is 0. The van der Waals surface area contributed by atoms with Crippen molar-refractivity contribution in [2.75, 3.05) is 0 Å². The standard InChI is InChI=1S/ClH.Na.H3O4P.Zn.H/c;;1-5(2,3)4;;/h1H;;(H3,1,2,3,4);;/q;+1;;;-1. The van der Waals surface area contributed by atoms with Crippen LogP contribution in [-0.2, 0) is 24.0 Å². The molecule has 0 radical (unpaired) electrons. The maximum Gasteiger partial charge on any atom is 1.00 e. The van der Waals surface area contributed by atoms with Crippen molar-refractivity contribution in [1.82, 2.24) is 0 Å². The van der Waals surface area contributed by atoms with Crippen molar-refractivity contribution < 1.29 is 69.7 Å². The van der Waals surface area contributed by atoms with E-state index in [9.17, 15) is 0 Å². The molecule has 0 heterocycles. The van der Waals surface area contributed by atoms with Gasteiger partial charge in [0.05, 0.1) is 0 Å². The van der Waals surface area contributed by atoms with Gasteiger partial charge in [0.25, 0.3) is 0 Å². The first-order chi connectivity index (χ1) is 2.00. The van der Waals surface area contributed by atoms with Crippen LogP contribution in [0.3, 0.4) is 0 Å². The molecule has 0 saturated carbocycles. The number of rotatable bonds is 0. The average molecular weight is 224 g/mol. The second-order valence-corrected chi connectivity index (χ2v) is 1.54. The summed E-state index contributed by atoms with van der Waals surface area (Å²) in [5.41, 5.74) is 0. The van der Waals surface area contributed by atoms with Crippen LogP contribution in [0.25, 0.3) is 0 Å². The van der Waals surface area contributed by atoms with Crippen LogP contribution in [0, 0.1) is 0 Å². The predicted octanol–water partition coefficient (Wildman–Crippen LogP) is -3.39. The van der Waals surface area contributed by atoms with Gasteiger partial charge in [0.1, 0.15) is 0 Å². The van der Waals surface area contributed by atoms with Crippen molar-refractivity contribution in [2.45, 2.75) is 0 Å².